The maximum Gasteiger partial charge on any atom is 0.350 e. The quantitative estimate of drug-likeness (QED) is 0.692. The van der Waals surface area contributed by atoms with Crippen LogP contribution in [0.4, 0.5) is 0 Å². The number of thiazole rings is 2. The van der Waals surface area contributed by atoms with Gasteiger partial charge in [-0.2, -0.15) is 0 Å². The van der Waals surface area contributed by atoms with E-state index in [1.54, 1.807) is 11.3 Å². The van der Waals surface area contributed by atoms with Crippen molar-refractivity contribution in [2.24, 2.45) is 0 Å². The zero-order chi connectivity index (χ0) is 14.1. The molecule has 2 aromatic heterocycles. The summed E-state index contributed by atoms with van der Waals surface area (Å²) in [6.45, 7) is 3.90. The molecular weight excluding hydrogens is 292 g/mol. The van der Waals surface area contributed by atoms with E-state index in [0.29, 0.717) is 4.88 Å². The molecule has 0 radical (unpaired) electrons. The van der Waals surface area contributed by atoms with Gasteiger partial charge in [-0.3, -0.25) is 0 Å². The maximum atomic E-state index is 12.0. The first kappa shape index (κ1) is 13.2. The molecule has 102 valence electrons. The van der Waals surface area contributed by atoms with Gasteiger partial charge in [0.15, 0.2) is 0 Å². The number of fused-ring (bicyclic) bond motifs is 1. The predicted molar refractivity (Wildman–Crippen MR) is 80.3 cm³/mol. The van der Waals surface area contributed by atoms with Gasteiger partial charge in [0.05, 0.1) is 20.9 Å². The molecule has 0 amide bonds. The van der Waals surface area contributed by atoms with Crippen LogP contribution in [-0.4, -0.2) is 15.9 Å². The Bertz CT molecular complexity index is 743. The maximum absolute atomic E-state index is 12.0. The van der Waals surface area contributed by atoms with Gasteiger partial charge in [-0.25, -0.2) is 14.8 Å². The predicted octanol–water partition coefficient (Wildman–Crippen LogP) is 3.73. The van der Waals surface area contributed by atoms with Crippen molar-refractivity contribution in [1.29, 1.82) is 0 Å². The molecular formula is C14H12N2O2S2. The summed E-state index contributed by atoms with van der Waals surface area (Å²) < 4.78 is 6.42. The molecule has 0 aliphatic rings. The molecule has 6 heteroatoms. The molecule has 0 saturated carbocycles. The van der Waals surface area contributed by atoms with Crippen LogP contribution < -0.4 is 0 Å². The first-order chi connectivity index (χ1) is 9.63. The third-order valence-corrected chi connectivity index (χ3v) is 4.82. The second kappa shape index (κ2) is 5.30. The van der Waals surface area contributed by atoms with Crippen LogP contribution in [0.15, 0.2) is 24.3 Å². The highest BCUT2D eigenvalue weighted by Gasteiger charge is 2.16. The average molecular weight is 304 g/mol. The topological polar surface area (TPSA) is 52.1 Å². The minimum absolute atomic E-state index is 0.203. The van der Waals surface area contributed by atoms with Crippen molar-refractivity contribution in [2.45, 2.75) is 20.5 Å². The summed E-state index contributed by atoms with van der Waals surface area (Å²) in [5, 5.41) is 1.67. The van der Waals surface area contributed by atoms with Gasteiger partial charge in [0.25, 0.3) is 0 Å². The molecule has 2 heterocycles. The fraction of sp³-hybridized carbons (Fsp3) is 0.214. The van der Waals surface area contributed by atoms with Crippen molar-refractivity contribution in [2.75, 3.05) is 0 Å². The molecule has 4 nitrogen and oxygen atoms in total. The van der Waals surface area contributed by atoms with E-state index in [4.69, 9.17) is 4.74 Å². The van der Waals surface area contributed by atoms with Crippen LogP contribution in [-0.2, 0) is 11.3 Å². The average Bonchev–Trinajstić information content (AvgIpc) is 2.98. The second-order valence-electron chi connectivity index (χ2n) is 4.30. The van der Waals surface area contributed by atoms with Crippen molar-refractivity contribution in [3.8, 4) is 0 Å². The molecule has 3 aromatic rings. The van der Waals surface area contributed by atoms with E-state index in [-0.39, 0.29) is 12.6 Å². The highest BCUT2D eigenvalue weighted by atomic mass is 32.1. The summed E-state index contributed by atoms with van der Waals surface area (Å²) in [6, 6.07) is 7.88. The Labute approximate surface area is 124 Å². The molecule has 3 rings (SSSR count). The smallest absolute Gasteiger partial charge is 0.350 e. The lowest BCUT2D eigenvalue weighted by atomic mass is 10.3. The first-order valence-corrected chi connectivity index (χ1v) is 7.72. The van der Waals surface area contributed by atoms with Crippen molar-refractivity contribution in [1.82, 2.24) is 9.97 Å². The number of hydrogen-bond acceptors (Lipinski definition) is 6. The number of carbonyl (C=O) groups excluding carboxylic acids is 1. The molecule has 1 aromatic carbocycles. The van der Waals surface area contributed by atoms with Crippen LogP contribution >= 0.6 is 22.7 Å². The molecule has 0 bridgehead atoms. The number of rotatable bonds is 3. The number of para-hydroxylation sites is 1. The number of nitrogens with zero attached hydrogens (tertiary/aromatic N) is 2. The highest BCUT2D eigenvalue weighted by Crippen LogP contribution is 2.23. The van der Waals surface area contributed by atoms with Crippen LogP contribution in [0.1, 0.15) is 25.4 Å². The van der Waals surface area contributed by atoms with E-state index in [1.807, 2.05) is 38.1 Å². The number of ether oxygens (including phenoxy) is 1. The summed E-state index contributed by atoms with van der Waals surface area (Å²) in [7, 11) is 0. The van der Waals surface area contributed by atoms with Crippen molar-refractivity contribution in [3.63, 3.8) is 0 Å². The zero-order valence-electron chi connectivity index (χ0n) is 11.0. The van der Waals surface area contributed by atoms with Crippen LogP contribution in [0.3, 0.4) is 0 Å². The summed E-state index contributed by atoms with van der Waals surface area (Å²) >= 11 is 2.90. The number of hydrogen-bond donors (Lipinski definition) is 0. The van der Waals surface area contributed by atoms with Crippen molar-refractivity contribution >= 4 is 38.9 Å². The lowest BCUT2D eigenvalue weighted by Gasteiger charge is -2.00. The highest BCUT2D eigenvalue weighted by molar-refractivity contribution is 7.18. The van der Waals surface area contributed by atoms with Gasteiger partial charge in [0, 0.05) is 0 Å². The molecule has 0 atom stereocenters. The fourth-order valence-corrected chi connectivity index (χ4v) is 3.59. The van der Waals surface area contributed by atoms with Crippen LogP contribution in [0.5, 0.6) is 0 Å². The van der Waals surface area contributed by atoms with E-state index in [0.717, 1.165) is 25.9 Å². The van der Waals surface area contributed by atoms with Gasteiger partial charge in [0.2, 0.25) is 0 Å². The standard InChI is InChI=1S/C14H12N2O2S2/c1-8-13(19-9(2)15-8)14(17)18-7-12-16-10-5-3-4-6-11(10)20-12/h3-6H,7H2,1-2H3. The zero-order valence-corrected chi connectivity index (χ0v) is 12.7. The Hall–Kier alpha value is -1.79. The van der Waals surface area contributed by atoms with Crippen LogP contribution in [0.25, 0.3) is 10.2 Å². The molecule has 0 aliphatic carbocycles. The molecule has 0 saturated heterocycles. The largest absolute Gasteiger partial charge is 0.454 e. The Morgan fingerprint density at radius 3 is 2.70 bits per heavy atom. The van der Waals surface area contributed by atoms with Gasteiger partial charge in [-0.05, 0) is 26.0 Å². The first-order valence-electron chi connectivity index (χ1n) is 6.09. The minimum atomic E-state index is -0.327. The Morgan fingerprint density at radius 2 is 2.00 bits per heavy atom. The lowest BCUT2D eigenvalue weighted by molar-refractivity contribution is 0.0477. The summed E-state index contributed by atoms with van der Waals surface area (Å²) in [5.74, 6) is -0.327. The number of aromatic nitrogens is 2. The van der Waals surface area contributed by atoms with E-state index in [1.165, 1.54) is 11.3 Å². The van der Waals surface area contributed by atoms with Gasteiger partial charge in [-0.15, -0.1) is 22.7 Å². The van der Waals surface area contributed by atoms with E-state index in [9.17, 15) is 4.79 Å². The van der Waals surface area contributed by atoms with Crippen LogP contribution in [0, 0.1) is 13.8 Å². The number of benzene rings is 1. The van der Waals surface area contributed by atoms with E-state index >= 15 is 0 Å². The van der Waals surface area contributed by atoms with Crippen molar-refractivity contribution < 1.29 is 9.53 Å². The Morgan fingerprint density at radius 1 is 1.20 bits per heavy atom. The van der Waals surface area contributed by atoms with Gasteiger partial charge in [0.1, 0.15) is 16.5 Å². The van der Waals surface area contributed by atoms with E-state index in [2.05, 4.69) is 9.97 Å². The molecule has 0 spiro atoms. The number of esters is 1. The van der Waals surface area contributed by atoms with E-state index < -0.39 is 0 Å². The second-order valence-corrected chi connectivity index (χ2v) is 6.62. The number of aryl methyl sites for hydroxylation is 2. The van der Waals surface area contributed by atoms with Gasteiger partial charge >= 0.3 is 5.97 Å². The fourth-order valence-electron chi connectivity index (χ4n) is 1.90. The molecule has 0 unspecified atom stereocenters. The third kappa shape index (κ3) is 2.57. The molecule has 0 N–H and O–H groups in total. The Balaban J connectivity index is 1.73. The summed E-state index contributed by atoms with van der Waals surface area (Å²) in [4.78, 5) is 21.2. The van der Waals surface area contributed by atoms with Crippen LogP contribution in [0.2, 0.25) is 0 Å². The monoisotopic (exact) mass is 304 g/mol. The SMILES string of the molecule is Cc1nc(C)c(C(=O)OCc2nc3ccccc3s2)s1. The van der Waals surface area contributed by atoms with Crippen molar-refractivity contribution in [3.05, 3.63) is 44.9 Å². The van der Waals surface area contributed by atoms with Gasteiger partial charge < -0.3 is 4.74 Å². The Kier molecular flexibility index (Phi) is 3.50. The minimum Gasteiger partial charge on any atom is -0.454 e. The third-order valence-electron chi connectivity index (χ3n) is 2.75. The molecule has 0 aliphatic heterocycles. The lowest BCUT2D eigenvalue weighted by Crippen LogP contribution is -2.04. The van der Waals surface area contributed by atoms with Gasteiger partial charge in [-0.1, -0.05) is 12.1 Å². The molecule has 0 fully saturated rings. The number of carbonyl (C=O) groups is 1. The molecule has 20 heavy (non-hydrogen) atoms. The normalized spacial score (nSPS) is 10.9. The summed E-state index contributed by atoms with van der Waals surface area (Å²) in [6.07, 6.45) is 0. The summed E-state index contributed by atoms with van der Waals surface area (Å²) in [5.41, 5.74) is 1.66.